The standard InChI is InChI=1S/C21H19NO2S/c1-24-19-15-9-8-14-18(19)22-21(23)20(16-10-4-2-5-11-16)25-17-12-6-3-7-13-17/h2-15,20H,1H3,(H,22,23)/t20-/m1/s1. The number of rotatable bonds is 6. The Morgan fingerprint density at radius 3 is 2.16 bits per heavy atom. The maximum atomic E-state index is 13.0. The molecule has 3 aromatic rings. The van der Waals surface area contributed by atoms with Crippen molar-refractivity contribution in [3.8, 4) is 5.75 Å². The minimum atomic E-state index is -0.353. The summed E-state index contributed by atoms with van der Waals surface area (Å²) in [5.41, 5.74) is 1.63. The third kappa shape index (κ3) is 4.43. The Morgan fingerprint density at radius 1 is 0.880 bits per heavy atom. The van der Waals surface area contributed by atoms with Gasteiger partial charge in [-0.1, -0.05) is 60.7 Å². The Bertz CT molecular complexity index is 822. The lowest BCUT2D eigenvalue weighted by Gasteiger charge is -2.18. The van der Waals surface area contributed by atoms with Gasteiger partial charge in [0.05, 0.1) is 12.8 Å². The molecule has 0 saturated carbocycles. The van der Waals surface area contributed by atoms with Gasteiger partial charge in [0.25, 0.3) is 0 Å². The van der Waals surface area contributed by atoms with Gasteiger partial charge in [-0.25, -0.2) is 0 Å². The molecule has 0 spiro atoms. The number of carbonyl (C=O) groups is 1. The highest BCUT2D eigenvalue weighted by atomic mass is 32.2. The first-order valence-corrected chi connectivity index (χ1v) is 8.86. The van der Waals surface area contributed by atoms with E-state index in [4.69, 9.17) is 4.74 Å². The summed E-state index contributed by atoms with van der Waals surface area (Å²) in [5.74, 6) is 0.567. The molecule has 25 heavy (non-hydrogen) atoms. The number of hydrogen-bond donors (Lipinski definition) is 1. The number of nitrogens with one attached hydrogen (secondary N) is 1. The first-order chi connectivity index (χ1) is 12.3. The topological polar surface area (TPSA) is 38.3 Å². The molecule has 0 aliphatic rings. The number of methoxy groups -OCH3 is 1. The Hall–Kier alpha value is -2.72. The van der Waals surface area contributed by atoms with Gasteiger partial charge in [-0.2, -0.15) is 0 Å². The van der Waals surface area contributed by atoms with E-state index in [-0.39, 0.29) is 11.2 Å². The van der Waals surface area contributed by atoms with Gasteiger partial charge in [0.1, 0.15) is 11.0 Å². The normalized spacial score (nSPS) is 11.6. The summed E-state index contributed by atoms with van der Waals surface area (Å²) in [6.45, 7) is 0. The molecule has 0 aliphatic carbocycles. The third-order valence-electron chi connectivity index (χ3n) is 3.70. The van der Waals surface area contributed by atoms with Gasteiger partial charge < -0.3 is 10.1 Å². The summed E-state index contributed by atoms with van der Waals surface area (Å²) in [5, 5.41) is 2.64. The van der Waals surface area contributed by atoms with Crippen LogP contribution in [0.25, 0.3) is 0 Å². The molecule has 0 aromatic heterocycles. The van der Waals surface area contributed by atoms with E-state index in [9.17, 15) is 4.79 Å². The van der Waals surface area contributed by atoms with Crippen LogP contribution in [0.2, 0.25) is 0 Å². The minimum Gasteiger partial charge on any atom is -0.495 e. The highest BCUT2D eigenvalue weighted by Crippen LogP contribution is 2.36. The van der Waals surface area contributed by atoms with Crippen molar-refractivity contribution in [3.05, 3.63) is 90.5 Å². The monoisotopic (exact) mass is 349 g/mol. The molecule has 3 nitrogen and oxygen atoms in total. The molecule has 1 N–H and O–H groups in total. The van der Waals surface area contributed by atoms with Crippen LogP contribution in [-0.2, 0) is 4.79 Å². The number of carbonyl (C=O) groups excluding carboxylic acids is 1. The Balaban J connectivity index is 1.87. The van der Waals surface area contributed by atoms with E-state index in [0.29, 0.717) is 11.4 Å². The molecule has 0 unspecified atom stereocenters. The zero-order chi connectivity index (χ0) is 17.5. The van der Waals surface area contributed by atoms with Crippen LogP contribution in [0.1, 0.15) is 10.8 Å². The lowest BCUT2D eigenvalue weighted by atomic mass is 10.1. The molecule has 1 atom stereocenters. The average Bonchev–Trinajstić information content (AvgIpc) is 2.68. The predicted molar refractivity (Wildman–Crippen MR) is 103 cm³/mol. The van der Waals surface area contributed by atoms with Crippen LogP contribution in [0.5, 0.6) is 5.75 Å². The third-order valence-corrected chi connectivity index (χ3v) is 4.97. The molecule has 0 radical (unpaired) electrons. The number of amides is 1. The predicted octanol–water partition coefficient (Wildman–Crippen LogP) is 5.17. The van der Waals surface area contributed by atoms with Gasteiger partial charge >= 0.3 is 0 Å². The van der Waals surface area contributed by atoms with Gasteiger partial charge in [0.2, 0.25) is 5.91 Å². The number of hydrogen-bond acceptors (Lipinski definition) is 3. The molecule has 0 fully saturated rings. The van der Waals surface area contributed by atoms with Crippen LogP contribution in [0.4, 0.5) is 5.69 Å². The Kier molecular flexibility index (Phi) is 5.75. The molecular weight excluding hydrogens is 330 g/mol. The molecule has 0 aliphatic heterocycles. The number of benzene rings is 3. The molecule has 3 aromatic carbocycles. The van der Waals surface area contributed by atoms with Crippen molar-refractivity contribution < 1.29 is 9.53 Å². The zero-order valence-corrected chi connectivity index (χ0v) is 14.7. The summed E-state index contributed by atoms with van der Waals surface area (Å²) < 4.78 is 5.33. The number of para-hydroxylation sites is 2. The van der Waals surface area contributed by atoms with Crippen molar-refractivity contribution in [1.82, 2.24) is 0 Å². The smallest absolute Gasteiger partial charge is 0.242 e. The second kappa shape index (κ2) is 8.40. The highest BCUT2D eigenvalue weighted by Gasteiger charge is 2.22. The maximum absolute atomic E-state index is 13.0. The van der Waals surface area contributed by atoms with Crippen LogP contribution in [-0.4, -0.2) is 13.0 Å². The quantitative estimate of drug-likeness (QED) is 0.624. The zero-order valence-electron chi connectivity index (χ0n) is 13.9. The van der Waals surface area contributed by atoms with Crippen molar-refractivity contribution in [2.45, 2.75) is 10.1 Å². The van der Waals surface area contributed by atoms with Gasteiger partial charge in [-0.3, -0.25) is 4.79 Å². The van der Waals surface area contributed by atoms with E-state index >= 15 is 0 Å². The summed E-state index contributed by atoms with van der Waals surface area (Å²) in [6, 6.07) is 27.2. The van der Waals surface area contributed by atoms with E-state index < -0.39 is 0 Å². The first-order valence-electron chi connectivity index (χ1n) is 7.98. The lowest BCUT2D eigenvalue weighted by molar-refractivity contribution is -0.115. The van der Waals surface area contributed by atoms with Gasteiger partial charge in [0.15, 0.2) is 0 Å². The van der Waals surface area contributed by atoms with E-state index in [1.54, 1.807) is 7.11 Å². The van der Waals surface area contributed by atoms with Crippen molar-refractivity contribution in [2.24, 2.45) is 0 Å². The average molecular weight is 349 g/mol. The van der Waals surface area contributed by atoms with E-state index in [2.05, 4.69) is 5.32 Å². The Labute approximate surface area is 152 Å². The van der Waals surface area contributed by atoms with E-state index in [1.165, 1.54) is 11.8 Å². The van der Waals surface area contributed by atoms with Crippen molar-refractivity contribution in [3.63, 3.8) is 0 Å². The maximum Gasteiger partial charge on any atom is 0.242 e. The minimum absolute atomic E-state index is 0.0791. The fourth-order valence-electron chi connectivity index (χ4n) is 2.48. The second-order valence-corrected chi connectivity index (χ2v) is 6.59. The summed E-state index contributed by atoms with van der Waals surface area (Å²) in [7, 11) is 1.60. The fourth-order valence-corrected chi connectivity index (χ4v) is 3.53. The fraction of sp³-hybridized carbons (Fsp3) is 0.0952. The highest BCUT2D eigenvalue weighted by molar-refractivity contribution is 8.00. The lowest BCUT2D eigenvalue weighted by Crippen LogP contribution is -2.19. The van der Waals surface area contributed by atoms with Crippen LogP contribution in [0.3, 0.4) is 0 Å². The number of anilines is 1. The summed E-state index contributed by atoms with van der Waals surface area (Å²) >= 11 is 1.53. The molecule has 3 rings (SSSR count). The van der Waals surface area contributed by atoms with Crippen LogP contribution < -0.4 is 10.1 Å². The molecule has 1 amide bonds. The van der Waals surface area contributed by atoms with E-state index in [1.807, 2.05) is 84.9 Å². The molecule has 4 heteroatoms. The SMILES string of the molecule is COc1ccccc1NC(=O)[C@H](Sc1ccccc1)c1ccccc1. The van der Waals surface area contributed by atoms with E-state index in [0.717, 1.165) is 10.5 Å². The molecular formula is C21H19NO2S. The second-order valence-electron chi connectivity index (χ2n) is 5.41. The molecule has 0 bridgehead atoms. The van der Waals surface area contributed by atoms with Crippen LogP contribution in [0, 0.1) is 0 Å². The molecule has 0 heterocycles. The number of ether oxygens (including phenoxy) is 1. The molecule has 126 valence electrons. The largest absolute Gasteiger partial charge is 0.495 e. The first kappa shape index (κ1) is 17.1. The van der Waals surface area contributed by atoms with Gasteiger partial charge in [-0.05, 0) is 29.8 Å². The molecule has 0 saturated heterocycles. The number of thioether (sulfide) groups is 1. The summed E-state index contributed by atoms with van der Waals surface area (Å²) in [4.78, 5) is 14.0. The van der Waals surface area contributed by atoms with Crippen molar-refractivity contribution >= 4 is 23.4 Å². The van der Waals surface area contributed by atoms with Crippen LogP contribution >= 0.6 is 11.8 Å². The Morgan fingerprint density at radius 2 is 1.48 bits per heavy atom. The van der Waals surface area contributed by atoms with Crippen molar-refractivity contribution in [2.75, 3.05) is 12.4 Å². The van der Waals surface area contributed by atoms with Crippen LogP contribution in [0.15, 0.2) is 89.8 Å². The summed E-state index contributed by atoms with van der Waals surface area (Å²) in [6.07, 6.45) is 0. The van der Waals surface area contributed by atoms with Crippen molar-refractivity contribution in [1.29, 1.82) is 0 Å². The van der Waals surface area contributed by atoms with Gasteiger partial charge in [0, 0.05) is 4.90 Å². The van der Waals surface area contributed by atoms with Gasteiger partial charge in [-0.15, -0.1) is 11.8 Å².